The van der Waals surface area contributed by atoms with Crippen LogP contribution in [-0.2, 0) is 6.54 Å². The van der Waals surface area contributed by atoms with Crippen LogP contribution in [0.2, 0.25) is 0 Å². The maximum Gasteiger partial charge on any atom is 0.0643 e. The summed E-state index contributed by atoms with van der Waals surface area (Å²) in [5.74, 6) is 0. The molecule has 0 N–H and O–H groups in total. The van der Waals surface area contributed by atoms with Gasteiger partial charge in [-0.3, -0.25) is 4.99 Å². The van der Waals surface area contributed by atoms with E-state index in [1.807, 2.05) is 6.07 Å². The third-order valence-electron chi connectivity index (χ3n) is 3.57. The summed E-state index contributed by atoms with van der Waals surface area (Å²) < 4.78 is 0. The average molecular weight is 251 g/mol. The first-order valence-electron chi connectivity index (χ1n) is 6.71. The van der Waals surface area contributed by atoms with Gasteiger partial charge in [-0.25, -0.2) is 0 Å². The first-order chi connectivity index (χ1) is 9.08. The van der Waals surface area contributed by atoms with Crippen LogP contribution in [0.4, 0.5) is 0 Å². The lowest BCUT2D eigenvalue weighted by molar-refractivity contribution is 1.06. The molecule has 0 atom stereocenters. The highest BCUT2D eigenvalue weighted by atomic mass is 14.7. The van der Waals surface area contributed by atoms with Gasteiger partial charge in [0.1, 0.15) is 0 Å². The summed E-state index contributed by atoms with van der Waals surface area (Å²) >= 11 is 0. The molecule has 0 unspecified atom stereocenters. The lowest BCUT2D eigenvalue weighted by Gasteiger charge is -2.10. The van der Waals surface area contributed by atoms with E-state index >= 15 is 0 Å². The van der Waals surface area contributed by atoms with Gasteiger partial charge in [-0.2, -0.15) is 0 Å². The van der Waals surface area contributed by atoms with Gasteiger partial charge in [0.05, 0.1) is 6.54 Å². The number of aliphatic imine (C=N–C) groups is 1. The molecule has 0 saturated carbocycles. The molecule has 0 fully saturated rings. The lowest BCUT2D eigenvalue weighted by atomic mass is 9.98. The van der Waals surface area contributed by atoms with E-state index in [2.05, 4.69) is 64.1 Å². The molecule has 0 radical (unpaired) electrons. The maximum absolute atomic E-state index is 4.71. The van der Waals surface area contributed by atoms with Gasteiger partial charge in [-0.05, 0) is 61.6 Å². The van der Waals surface area contributed by atoms with Crippen LogP contribution in [0.25, 0.3) is 0 Å². The molecule has 1 nitrogen and oxygen atoms in total. The molecule has 0 aliphatic carbocycles. The van der Waals surface area contributed by atoms with Gasteiger partial charge in [-0.15, -0.1) is 0 Å². The summed E-state index contributed by atoms with van der Waals surface area (Å²) in [4.78, 5) is 4.71. The number of nitrogens with zero attached hydrogens (tertiary/aromatic N) is 1. The molecule has 0 bridgehead atoms. The number of hydrogen-bond acceptors (Lipinski definition) is 1. The van der Waals surface area contributed by atoms with E-state index in [-0.39, 0.29) is 0 Å². The molecule has 19 heavy (non-hydrogen) atoms. The summed E-state index contributed by atoms with van der Waals surface area (Å²) in [5, 5.41) is 0. The Bertz CT molecular complexity index is 595. The van der Waals surface area contributed by atoms with Gasteiger partial charge in [0.2, 0.25) is 0 Å². The summed E-state index contributed by atoms with van der Waals surface area (Å²) in [6.45, 7) is 9.31. The van der Waals surface area contributed by atoms with Crippen molar-refractivity contribution in [1.29, 1.82) is 0 Å². The number of hydrogen-bond donors (Lipinski definition) is 0. The second-order valence-corrected chi connectivity index (χ2v) is 5.14. The summed E-state index contributed by atoms with van der Waals surface area (Å²) in [5.41, 5.74) is 7.61. The van der Waals surface area contributed by atoms with Crippen molar-refractivity contribution in [2.45, 2.75) is 34.2 Å². The van der Waals surface area contributed by atoms with Crippen molar-refractivity contribution in [1.82, 2.24) is 0 Å². The number of rotatable bonds is 3. The fourth-order valence-corrected chi connectivity index (χ4v) is 2.23. The van der Waals surface area contributed by atoms with Gasteiger partial charge in [0.25, 0.3) is 0 Å². The van der Waals surface area contributed by atoms with Crippen molar-refractivity contribution in [3.63, 3.8) is 0 Å². The minimum absolute atomic E-state index is 0.749. The fourth-order valence-electron chi connectivity index (χ4n) is 2.23. The van der Waals surface area contributed by atoms with Crippen LogP contribution in [0.3, 0.4) is 0 Å². The van der Waals surface area contributed by atoms with Crippen LogP contribution >= 0.6 is 0 Å². The highest BCUT2D eigenvalue weighted by molar-refractivity contribution is 6.00. The van der Waals surface area contributed by atoms with Crippen molar-refractivity contribution in [3.8, 4) is 0 Å². The first-order valence-corrected chi connectivity index (χ1v) is 6.71. The number of aryl methyl sites for hydroxylation is 3. The van der Waals surface area contributed by atoms with Crippen LogP contribution in [0.1, 0.15) is 34.7 Å². The second-order valence-electron chi connectivity index (χ2n) is 5.14. The van der Waals surface area contributed by atoms with Crippen molar-refractivity contribution in [2.24, 2.45) is 4.99 Å². The van der Waals surface area contributed by atoms with Crippen molar-refractivity contribution in [2.75, 3.05) is 0 Å². The third kappa shape index (κ3) is 3.31. The van der Waals surface area contributed by atoms with E-state index in [1.165, 1.54) is 27.8 Å². The van der Waals surface area contributed by atoms with Crippen molar-refractivity contribution in [3.05, 3.63) is 70.3 Å². The zero-order valence-electron chi connectivity index (χ0n) is 12.2. The summed E-state index contributed by atoms with van der Waals surface area (Å²) in [7, 11) is 0. The quantitative estimate of drug-likeness (QED) is 0.706. The monoisotopic (exact) mass is 251 g/mol. The van der Waals surface area contributed by atoms with E-state index in [4.69, 9.17) is 4.99 Å². The zero-order chi connectivity index (χ0) is 13.8. The largest absolute Gasteiger partial charge is 0.285 e. The molecule has 0 aromatic heterocycles. The topological polar surface area (TPSA) is 12.4 Å². The molecular formula is C18H21N. The Labute approximate surface area is 116 Å². The molecule has 0 aliphatic rings. The summed E-state index contributed by atoms with van der Waals surface area (Å²) in [6, 6.07) is 14.9. The standard InChI is InChI=1S/C18H21N/c1-13-10-15(3)18(11-14(13)2)16(4)19-12-17-8-6-5-7-9-17/h5-11H,12H2,1-4H3. The molecule has 2 aromatic rings. The normalized spacial score (nSPS) is 11.7. The molecule has 98 valence electrons. The number of benzene rings is 2. The minimum Gasteiger partial charge on any atom is -0.285 e. The van der Waals surface area contributed by atoms with Gasteiger partial charge < -0.3 is 0 Å². The molecule has 0 amide bonds. The van der Waals surface area contributed by atoms with Crippen LogP contribution < -0.4 is 0 Å². The van der Waals surface area contributed by atoms with Crippen molar-refractivity contribution < 1.29 is 0 Å². The van der Waals surface area contributed by atoms with E-state index in [0.717, 1.165) is 12.3 Å². The first kappa shape index (κ1) is 13.5. The van der Waals surface area contributed by atoms with E-state index in [9.17, 15) is 0 Å². The third-order valence-corrected chi connectivity index (χ3v) is 3.57. The zero-order valence-corrected chi connectivity index (χ0v) is 12.2. The molecule has 2 aromatic carbocycles. The van der Waals surface area contributed by atoms with E-state index in [1.54, 1.807) is 0 Å². The van der Waals surface area contributed by atoms with E-state index < -0.39 is 0 Å². The van der Waals surface area contributed by atoms with Crippen LogP contribution in [0.15, 0.2) is 47.5 Å². The van der Waals surface area contributed by atoms with Gasteiger partial charge >= 0.3 is 0 Å². The highest BCUT2D eigenvalue weighted by Crippen LogP contribution is 2.16. The Morgan fingerprint density at radius 2 is 1.53 bits per heavy atom. The van der Waals surface area contributed by atoms with Gasteiger partial charge in [0, 0.05) is 5.71 Å². The predicted octanol–water partition coefficient (Wildman–Crippen LogP) is 4.62. The maximum atomic E-state index is 4.71. The smallest absolute Gasteiger partial charge is 0.0643 e. The Balaban J connectivity index is 2.24. The molecule has 0 spiro atoms. The molecule has 0 saturated heterocycles. The Kier molecular flexibility index (Phi) is 4.16. The SMILES string of the molecule is CC(=NCc1ccccc1)c1cc(C)c(C)cc1C. The van der Waals surface area contributed by atoms with Gasteiger partial charge in [0.15, 0.2) is 0 Å². The van der Waals surface area contributed by atoms with Gasteiger partial charge in [-0.1, -0.05) is 36.4 Å². The Hall–Kier alpha value is -1.89. The fraction of sp³-hybridized carbons (Fsp3) is 0.278. The minimum atomic E-state index is 0.749. The molecule has 0 heterocycles. The van der Waals surface area contributed by atoms with Crippen LogP contribution in [0, 0.1) is 20.8 Å². The van der Waals surface area contributed by atoms with Crippen LogP contribution in [0.5, 0.6) is 0 Å². The van der Waals surface area contributed by atoms with E-state index in [0.29, 0.717) is 0 Å². The molecule has 0 aliphatic heterocycles. The second kappa shape index (κ2) is 5.83. The van der Waals surface area contributed by atoms with Crippen molar-refractivity contribution >= 4 is 5.71 Å². The molecular weight excluding hydrogens is 230 g/mol. The van der Waals surface area contributed by atoms with Crippen LogP contribution in [-0.4, -0.2) is 5.71 Å². The highest BCUT2D eigenvalue weighted by Gasteiger charge is 2.04. The average Bonchev–Trinajstić information content (AvgIpc) is 2.41. The Morgan fingerprint density at radius 1 is 0.895 bits per heavy atom. The lowest BCUT2D eigenvalue weighted by Crippen LogP contribution is -2.01. The summed E-state index contributed by atoms with van der Waals surface area (Å²) in [6.07, 6.45) is 0. The Morgan fingerprint density at radius 3 is 2.21 bits per heavy atom. The predicted molar refractivity (Wildman–Crippen MR) is 83.0 cm³/mol. The molecule has 1 heteroatoms. The molecule has 2 rings (SSSR count).